The molecule has 2 rings (SSSR count). The molecule has 1 saturated heterocycles. The lowest BCUT2D eigenvalue weighted by molar-refractivity contribution is -0.117. The molecule has 3 N–H and O–H groups in total. The zero-order valence-corrected chi connectivity index (χ0v) is 10.3. The molecule has 86 valence electrons. The number of amides is 1. The molecule has 0 unspecified atom stereocenters. The van der Waals surface area contributed by atoms with Crippen LogP contribution in [-0.4, -0.2) is 23.6 Å². The number of hydrogen-bond donors (Lipinski definition) is 3. The van der Waals surface area contributed by atoms with Gasteiger partial charge in [-0.15, -0.1) is 0 Å². The molecule has 1 heterocycles. The number of carbonyl (C=O) groups is 1. The predicted molar refractivity (Wildman–Crippen MR) is 65.5 cm³/mol. The first-order valence-electron chi connectivity index (χ1n) is 5.20. The lowest BCUT2D eigenvalue weighted by Gasteiger charge is -2.12. The van der Waals surface area contributed by atoms with Gasteiger partial charge in [0.15, 0.2) is 5.75 Å². The average molecular weight is 285 g/mol. The Bertz CT molecular complexity index is 403. The van der Waals surface area contributed by atoms with Crippen LogP contribution in [0.1, 0.15) is 12.8 Å². The summed E-state index contributed by atoms with van der Waals surface area (Å²) in [6, 6.07) is 5.02. The highest BCUT2D eigenvalue weighted by molar-refractivity contribution is 9.10. The first-order valence-corrected chi connectivity index (χ1v) is 5.99. The van der Waals surface area contributed by atoms with Gasteiger partial charge in [-0.1, -0.05) is 6.07 Å². The Morgan fingerprint density at radius 2 is 2.38 bits per heavy atom. The van der Waals surface area contributed by atoms with Gasteiger partial charge in [-0.25, -0.2) is 0 Å². The molecule has 1 atom stereocenters. The predicted octanol–water partition coefficient (Wildman–Crippen LogP) is 1.85. The molecule has 1 aliphatic rings. The highest BCUT2D eigenvalue weighted by Gasteiger charge is 2.22. The number of phenolic OH excluding ortho intramolecular Hbond substituents is 1. The molecule has 0 bridgehead atoms. The lowest BCUT2D eigenvalue weighted by atomic mass is 10.2. The van der Waals surface area contributed by atoms with E-state index in [2.05, 4.69) is 26.6 Å². The lowest BCUT2D eigenvalue weighted by Crippen LogP contribution is -2.35. The molecule has 0 spiro atoms. The number of rotatable bonds is 2. The minimum absolute atomic E-state index is 0.0637. The van der Waals surface area contributed by atoms with E-state index >= 15 is 0 Å². The Morgan fingerprint density at radius 1 is 1.56 bits per heavy atom. The van der Waals surface area contributed by atoms with Crippen molar-refractivity contribution in [3.8, 4) is 5.75 Å². The second-order valence-electron chi connectivity index (χ2n) is 3.77. The molecule has 1 aromatic carbocycles. The van der Waals surface area contributed by atoms with Gasteiger partial charge in [0.05, 0.1) is 16.2 Å². The summed E-state index contributed by atoms with van der Waals surface area (Å²) in [6.07, 6.45) is 1.86. The van der Waals surface area contributed by atoms with E-state index in [9.17, 15) is 9.90 Å². The first kappa shape index (κ1) is 11.4. The van der Waals surface area contributed by atoms with Crippen LogP contribution in [0.3, 0.4) is 0 Å². The van der Waals surface area contributed by atoms with Gasteiger partial charge in [-0.3, -0.25) is 4.79 Å². The van der Waals surface area contributed by atoms with Crippen LogP contribution in [0.4, 0.5) is 5.69 Å². The van der Waals surface area contributed by atoms with E-state index < -0.39 is 0 Å². The third-order valence-corrected chi connectivity index (χ3v) is 3.26. The summed E-state index contributed by atoms with van der Waals surface area (Å²) in [6.45, 7) is 0.878. The normalized spacial score (nSPS) is 19.7. The SMILES string of the molecule is O=C(Nc1cccc(Br)c1O)[C@@H]1CCCN1. The van der Waals surface area contributed by atoms with Crippen LogP contribution >= 0.6 is 15.9 Å². The van der Waals surface area contributed by atoms with Gasteiger partial charge in [0.1, 0.15) is 0 Å². The van der Waals surface area contributed by atoms with Crippen molar-refractivity contribution in [1.29, 1.82) is 0 Å². The number of hydrogen-bond acceptors (Lipinski definition) is 3. The molecular weight excluding hydrogens is 272 g/mol. The van der Waals surface area contributed by atoms with Crippen LogP contribution in [0.5, 0.6) is 5.75 Å². The largest absolute Gasteiger partial charge is 0.505 e. The molecule has 1 amide bonds. The summed E-state index contributed by atoms with van der Waals surface area (Å²) < 4.78 is 0.574. The summed E-state index contributed by atoms with van der Waals surface area (Å²) in [7, 11) is 0. The van der Waals surface area contributed by atoms with Crippen LogP contribution < -0.4 is 10.6 Å². The fourth-order valence-electron chi connectivity index (χ4n) is 1.74. The molecule has 16 heavy (non-hydrogen) atoms. The molecule has 0 saturated carbocycles. The van der Waals surface area contributed by atoms with E-state index in [0.717, 1.165) is 19.4 Å². The fraction of sp³-hybridized carbons (Fsp3) is 0.364. The van der Waals surface area contributed by atoms with Crippen molar-refractivity contribution < 1.29 is 9.90 Å². The Labute approximate surface area is 102 Å². The molecule has 0 radical (unpaired) electrons. The monoisotopic (exact) mass is 284 g/mol. The zero-order chi connectivity index (χ0) is 11.5. The summed E-state index contributed by atoms with van der Waals surface area (Å²) >= 11 is 3.20. The molecule has 0 aromatic heterocycles. The van der Waals surface area contributed by atoms with Gasteiger partial charge in [-0.05, 0) is 47.4 Å². The van der Waals surface area contributed by atoms with Gasteiger partial charge in [-0.2, -0.15) is 0 Å². The van der Waals surface area contributed by atoms with Gasteiger partial charge >= 0.3 is 0 Å². The Hall–Kier alpha value is -1.07. The van der Waals surface area contributed by atoms with Crippen LogP contribution in [0.15, 0.2) is 22.7 Å². The summed E-state index contributed by atoms with van der Waals surface area (Å²) in [5.41, 5.74) is 0.438. The summed E-state index contributed by atoms with van der Waals surface area (Å²) in [5, 5.41) is 15.5. The highest BCUT2D eigenvalue weighted by atomic mass is 79.9. The molecule has 1 aromatic rings. The molecule has 1 aliphatic heterocycles. The van der Waals surface area contributed by atoms with E-state index in [1.54, 1.807) is 18.2 Å². The fourth-order valence-corrected chi connectivity index (χ4v) is 2.11. The Kier molecular flexibility index (Phi) is 3.46. The van der Waals surface area contributed by atoms with Gasteiger partial charge in [0, 0.05) is 0 Å². The van der Waals surface area contributed by atoms with Crippen molar-refractivity contribution in [2.24, 2.45) is 0 Å². The minimum Gasteiger partial charge on any atom is -0.505 e. The topological polar surface area (TPSA) is 61.4 Å². The van der Waals surface area contributed by atoms with Crippen molar-refractivity contribution in [3.05, 3.63) is 22.7 Å². The van der Waals surface area contributed by atoms with Crippen molar-refractivity contribution in [2.45, 2.75) is 18.9 Å². The minimum atomic E-state index is -0.140. The summed E-state index contributed by atoms with van der Waals surface area (Å²) in [4.78, 5) is 11.8. The van der Waals surface area contributed by atoms with Crippen LogP contribution in [0.25, 0.3) is 0 Å². The number of nitrogens with one attached hydrogen (secondary N) is 2. The van der Waals surface area contributed by atoms with Gasteiger partial charge in [0.25, 0.3) is 0 Å². The van der Waals surface area contributed by atoms with Crippen LogP contribution in [0.2, 0.25) is 0 Å². The van der Waals surface area contributed by atoms with E-state index in [0.29, 0.717) is 10.2 Å². The second-order valence-corrected chi connectivity index (χ2v) is 4.63. The smallest absolute Gasteiger partial charge is 0.241 e. The van der Waals surface area contributed by atoms with Crippen LogP contribution in [0, 0.1) is 0 Å². The third kappa shape index (κ3) is 2.36. The van der Waals surface area contributed by atoms with E-state index in [1.807, 2.05) is 0 Å². The number of benzene rings is 1. The van der Waals surface area contributed by atoms with Gasteiger partial charge in [0.2, 0.25) is 5.91 Å². The molecule has 1 fully saturated rings. The number of halogens is 1. The van der Waals surface area contributed by atoms with E-state index in [4.69, 9.17) is 0 Å². The number of aromatic hydroxyl groups is 1. The van der Waals surface area contributed by atoms with Crippen molar-refractivity contribution >= 4 is 27.5 Å². The first-order chi connectivity index (χ1) is 7.68. The maximum absolute atomic E-state index is 11.8. The van der Waals surface area contributed by atoms with Crippen molar-refractivity contribution in [3.63, 3.8) is 0 Å². The quantitative estimate of drug-likeness (QED) is 0.727. The Morgan fingerprint density at radius 3 is 3.06 bits per heavy atom. The standard InChI is InChI=1S/C11H13BrN2O2/c12-7-3-1-4-8(10(7)15)14-11(16)9-5-2-6-13-9/h1,3-4,9,13,15H,2,5-6H2,(H,14,16)/t9-/m0/s1. The van der Waals surface area contributed by atoms with Crippen LogP contribution in [-0.2, 0) is 4.79 Å². The van der Waals surface area contributed by atoms with Gasteiger partial charge < -0.3 is 15.7 Å². The van der Waals surface area contributed by atoms with E-state index in [1.165, 1.54) is 0 Å². The molecular formula is C11H13BrN2O2. The zero-order valence-electron chi connectivity index (χ0n) is 8.66. The molecule has 5 heteroatoms. The number of phenols is 1. The third-order valence-electron chi connectivity index (χ3n) is 2.62. The number of anilines is 1. The van der Waals surface area contributed by atoms with Crippen molar-refractivity contribution in [1.82, 2.24) is 5.32 Å². The average Bonchev–Trinajstić information content (AvgIpc) is 2.78. The molecule has 4 nitrogen and oxygen atoms in total. The second kappa shape index (κ2) is 4.84. The number of para-hydroxylation sites is 1. The summed E-state index contributed by atoms with van der Waals surface area (Å²) in [5.74, 6) is -0.0280. The Balaban J connectivity index is 2.08. The van der Waals surface area contributed by atoms with E-state index in [-0.39, 0.29) is 17.7 Å². The van der Waals surface area contributed by atoms with Crippen molar-refractivity contribution in [2.75, 3.05) is 11.9 Å². The number of carbonyl (C=O) groups excluding carboxylic acids is 1. The highest BCUT2D eigenvalue weighted by Crippen LogP contribution is 2.31. The maximum atomic E-state index is 11.8. The maximum Gasteiger partial charge on any atom is 0.241 e. The molecule has 0 aliphatic carbocycles.